The summed E-state index contributed by atoms with van der Waals surface area (Å²) >= 11 is 5.53. The van der Waals surface area contributed by atoms with Crippen molar-refractivity contribution in [1.82, 2.24) is 0 Å². The van der Waals surface area contributed by atoms with Gasteiger partial charge in [-0.3, -0.25) is 4.79 Å². The van der Waals surface area contributed by atoms with Gasteiger partial charge in [0.05, 0.1) is 16.1 Å². The van der Waals surface area contributed by atoms with E-state index in [1.807, 2.05) is 0 Å². The van der Waals surface area contributed by atoms with Crippen LogP contribution in [-0.4, -0.2) is 6.29 Å². The van der Waals surface area contributed by atoms with E-state index in [1.54, 1.807) is 6.92 Å². The highest BCUT2D eigenvalue weighted by Crippen LogP contribution is 2.38. The summed E-state index contributed by atoms with van der Waals surface area (Å²) in [5.74, 6) is -0.891. The summed E-state index contributed by atoms with van der Waals surface area (Å²) in [4.78, 5) is 10.7. The van der Waals surface area contributed by atoms with Crippen LogP contribution >= 0.6 is 11.6 Å². The second kappa shape index (κ2) is 6.58. The lowest BCUT2D eigenvalue weighted by Gasteiger charge is -2.14. The van der Waals surface area contributed by atoms with Crippen LogP contribution in [0.2, 0.25) is 5.02 Å². The smallest absolute Gasteiger partial charge is 0.417 e. The molecule has 0 saturated carbocycles. The predicted octanol–water partition coefficient (Wildman–Crippen LogP) is 5.67. The first-order valence-corrected chi connectivity index (χ1v) is 6.96. The number of aryl methyl sites for hydroxylation is 1. The summed E-state index contributed by atoms with van der Waals surface area (Å²) in [6.45, 7) is 1.75. The van der Waals surface area contributed by atoms with Crippen molar-refractivity contribution in [3.05, 3.63) is 57.9 Å². The number of aldehydes is 1. The van der Waals surface area contributed by atoms with Gasteiger partial charge >= 0.3 is 6.18 Å². The van der Waals surface area contributed by atoms with Gasteiger partial charge in [-0.1, -0.05) is 18.5 Å². The summed E-state index contributed by atoms with van der Waals surface area (Å²) in [7, 11) is 0. The Morgan fingerprint density at radius 1 is 1.22 bits per heavy atom. The summed E-state index contributed by atoms with van der Waals surface area (Å²) in [6, 6.07) is 5.33. The molecule has 0 spiro atoms. The van der Waals surface area contributed by atoms with E-state index in [0.717, 1.165) is 18.2 Å². The Bertz CT molecular complexity index is 742. The summed E-state index contributed by atoms with van der Waals surface area (Å²) in [6.07, 6.45) is -3.85. The van der Waals surface area contributed by atoms with Gasteiger partial charge in [0.2, 0.25) is 0 Å². The van der Waals surface area contributed by atoms with Crippen LogP contribution in [0.1, 0.15) is 28.4 Å². The van der Waals surface area contributed by atoms with Gasteiger partial charge in [0.25, 0.3) is 0 Å². The van der Waals surface area contributed by atoms with Crippen molar-refractivity contribution in [2.75, 3.05) is 0 Å². The molecule has 0 fully saturated rings. The van der Waals surface area contributed by atoms with Crippen LogP contribution in [0.4, 0.5) is 17.6 Å². The summed E-state index contributed by atoms with van der Waals surface area (Å²) in [5, 5.41) is -0.456. The number of rotatable bonds is 4. The molecule has 0 aliphatic heterocycles. The SMILES string of the molecule is CCc1cc(C=O)c(F)cc1Oc1ccc(Cl)c(C(F)(F)F)c1. The Hall–Kier alpha value is -2.08. The van der Waals surface area contributed by atoms with Gasteiger partial charge in [0.15, 0.2) is 6.29 Å². The predicted molar refractivity (Wildman–Crippen MR) is 77.7 cm³/mol. The quantitative estimate of drug-likeness (QED) is 0.527. The Balaban J connectivity index is 2.43. The first-order chi connectivity index (χ1) is 10.8. The van der Waals surface area contributed by atoms with Gasteiger partial charge in [-0.2, -0.15) is 13.2 Å². The number of benzene rings is 2. The van der Waals surface area contributed by atoms with Gasteiger partial charge < -0.3 is 4.74 Å². The largest absolute Gasteiger partial charge is 0.457 e. The van der Waals surface area contributed by atoms with E-state index >= 15 is 0 Å². The molecule has 23 heavy (non-hydrogen) atoms. The lowest BCUT2D eigenvalue weighted by molar-refractivity contribution is -0.137. The zero-order valence-corrected chi connectivity index (χ0v) is 12.6. The van der Waals surface area contributed by atoms with Crippen molar-refractivity contribution in [2.45, 2.75) is 19.5 Å². The second-order valence-corrected chi connectivity index (χ2v) is 5.10. The van der Waals surface area contributed by atoms with E-state index in [2.05, 4.69) is 0 Å². The van der Waals surface area contributed by atoms with E-state index in [4.69, 9.17) is 16.3 Å². The third-order valence-electron chi connectivity index (χ3n) is 3.16. The number of carbonyl (C=O) groups excluding carboxylic acids is 1. The zero-order chi connectivity index (χ0) is 17.2. The second-order valence-electron chi connectivity index (χ2n) is 4.69. The third kappa shape index (κ3) is 3.82. The normalized spacial score (nSPS) is 11.4. The van der Waals surface area contributed by atoms with Crippen LogP contribution in [0.5, 0.6) is 11.5 Å². The minimum Gasteiger partial charge on any atom is -0.457 e. The fourth-order valence-corrected chi connectivity index (χ4v) is 2.22. The Labute approximate surface area is 134 Å². The topological polar surface area (TPSA) is 26.3 Å². The van der Waals surface area contributed by atoms with Crippen LogP contribution in [-0.2, 0) is 12.6 Å². The monoisotopic (exact) mass is 346 g/mol. The van der Waals surface area contributed by atoms with Crippen LogP contribution in [0.3, 0.4) is 0 Å². The molecule has 0 unspecified atom stereocenters. The maximum Gasteiger partial charge on any atom is 0.417 e. The molecule has 0 aliphatic carbocycles. The number of hydrogen-bond donors (Lipinski definition) is 0. The first-order valence-electron chi connectivity index (χ1n) is 6.58. The highest BCUT2D eigenvalue weighted by atomic mass is 35.5. The minimum atomic E-state index is -4.63. The lowest BCUT2D eigenvalue weighted by Crippen LogP contribution is -2.06. The summed E-state index contributed by atoms with van der Waals surface area (Å²) < 4.78 is 57.6. The fourth-order valence-electron chi connectivity index (χ4n) is 1.99. The molecule has 0 radical (unpaired) electrons. The minimum absolute atomic E-state index is 0.0473. The van der Waals surface area contributed by atoms with E-state index < -0.39 is 22.6 Å². The fraction of sp³-hybridized carbons (Fsp3) is 0.188. The molecular weight excluding hydrogens is 336 g/mol. The van der Waals surface area contributed by atoms with Crippen molar-refractivity contribution in [1.29, 1.82) is 0 Å². The van der Waals surface area contributed by atoms with Crippen molar-refractivity contribution < 1.29 is 27.1 Å². The Morgan fingerprint density at radius 2 is 1.91 bits per heavy atom. The molecule has 0 amide bonds. The first kappa shape index (κ1) is 17.3. The van der Waals surface area contributed by atoms with Crippen LogP contribution in [0.25, 0.3) is 0 Å². The van der Waals surface area contributed by atoms with Gasteiger partial charge in [-0.15, -0.1) is 0 Å². The molecule has 2 aromatic rings. The average Bonchev–Trinajstić information content (AvgIpc) is 2.48. The van der Waals surface area contributed by atoms with E-state index in [1.165, 1.54) is 12.1 Å². The molecule has 2 rings (SSSR count). The van der Waals surface area contributed by atoms with E-state index in [9.17, 15) is 22.4 Å². The molecule has 2 aromatic carbocycles. The molecule has 0 aliphatic rings. The molecule has 122 valence electrons. The molecule has 0 heterocycles. The number of alkyl halides is 3. The lowest BCUT2D eigenvalue weighted by atomic mass is 10.1. The third-order valence-corrected chi connectivity index (χ3v) is 3.49. The number of halogens is 5. The highest BCUT2D eigenvalue weighted by Gasteiger charge is 2.33. The molecule has 0 N–H and O–H groups in total. The van der Waals surface area contributed by atoms with Gasteiger partial charge in [-0.25, -0.2) is 4.39 Å². The van der Waals surface area contributed by atoms with Gasteiger partial charge in [-0.05, 0) is 36.2 Å². The summed E-state index contributed by atoms with van der Waals surface area (Å²) in [5.41, 5.74) is -0.682. The van der Waals surface area contributed by atoms with Crippen molar-refractivity contribution in [3.8, 4) is 11.5 Å². The molecule has 0 saturated heterocycles. The highest BCUT2D eigenvalue weighted by molar-refractivity contribution is 6.31. The van der Waals surface area contributed by atoms with Crippen molar-refractivity contribution in [2.24, 2.45) is 0 Å². The van der Waals surface area contributed by atoms with E-state index in [-0.39, 0.29) is 17.1 Å². The maximum absolute atomic E-state index is 13.7. The number of ether oxygens (including phenoxy) is 1. The van der Waals surface area contributed by atoms with E-state index in [0.29, 0.717) is 18.3 Å². The van der Waals surface area contributed by atoms with Crippen molar-refractivity contribution in [3.63, 3.8) is 0 Å². The van der Waals surface area contributed by atoms with Crippen molar-refractivity contribution >= 4 is 17.9 Å². The van der Waals surface area contributed by atoms with Crippen LogP contribution in [0.15, 0.2) is 30.3 Å². The molecule has 0 aromatic heterocycles. The zero-order valence-electron chi connectivity index (χ0n) is 11.9. The number of carbonyl (C=O) groups is 1. The molecule has 7 heteroatoms. The Kier molecular flexibility index (Phi) is 4.94. The van der Waals surface area contributed by atoms with Gasteiger partial charge in [0, 0.05) is 6.07 Å². The molecule has 0 atom stereocenters. The Morgan fingerprint density at radius 3 is 2.48 bits per heavy atom. The van der Waals surface area contributed by atoms with Crippen LogP contribution in [0, 0.1) is 5.82 Å². The maximum atomic E-state index is 13.7. The van der Waals surface area contributed by atoms with Crippen LogP contribution < -0.4 is 4.74 Å². The molecule has 0 bridgehead atoms. The number of hydrogen-bond acceptors (Lipinski definition) is 2. The molecule has 2 nitrogen and oxygen atoms in total. The average molecular weight is 347 g/mol. The molecular formula is C16H11ClF4O2. The standard InChI is InChI=1S/C16H11ClF4O2/c1-2-9-5-10(8-22)14(18)7-15(9)23-11-3-4-13(17)12(6-11)16(19,20)21/h3-8H,2H2,1H3. The van der Waals surface area contributed by atoms with Gasteiger partial charge in [0.1, 0.15) is 17.3 Å².